The lowest BCUT2D eigenvalue weighted by Gasteiger charge is -2.10. The van der Waals surface area contributed by atoms with Crippen molar-refractivity contribution in [2.75, 3.05) is 18.6 Å². The third-order valence-electron chi connectivity index (χ3n) is 3.53. The highest BCUT2D eigenvalue weighted by Crippen LogP contribution is 2.21. The highest BCUT2D eigenvalue weighted by Gasteiger charge is 2.29. The van der Waals surface area contributed by atoms with E-state index in [0.29, 0.717) is 6.42 Å². The molecule has 1 aromatic rings. The number of nitrogens with one attached hydrogen (secondary N) is 2. The molecule has 1 aliphatic heterocycles. The molecule has 126 valence electrons. The van der Waals surface area contributed by atoms with E-state index in [0.717, 1.165) is 6.07 Å². The molecule has 2 amide bonds. The zero-order chi connectivity index (χ0) is 17.0. The molecular formula is C14H17FN2O5S. The number of methoxy groups -OCH3 is 1. The van der Waals surface area contributed by atoms with Crippen LogP contribution in [0.3, 0.4) is 0 Å². The number of carbonyl (C=O) groups is 2. The summed E-state index contributed by atoms with van der Waals surface area (Å²) in [6.45, 7) is 0. The van der Waals surface area contributed by atoms with Crippen molar-refractivity contribution in [1.29, 1.82) is 0 Å². The van der Waals surface area contributed by atoms with Crippen LogP contribution in [0.5, 0.6) is 5.75 Å². The average Bonchev–Trinajstić information content (AvgIpc) is 2.83. The molecule has 1 saturated heterocycles. The fourth-order valence-corrected chi connectivity index (χ4v) is 4.21. The number of hydrazine groups is 1. The Morgan fingerprint density at radius 2 is 2.09 bits per heavy atom. The third-order valence-corrected chi connectivity index (χ3v) is 5.37. The number of amides is 2. The summed E-state index contributed by atoms with van der Waals surface area (Å²) in [6, 6.07) is 3.65. The molecule has 1 aromatic carbocycles. The second kappa shape index (κ2) is 6.95. The fraction of sp³-hybridized carbons (Fsp3) is 0.429. The van der Waals surface area contributed by atoms with Gasteiger partial charge in [-0.2, -0.15) is 0 Å². The van der Waals surface area contributed by atoms with Crippen molar-refractivity contribution in [2.45, 2.75) is 12.8 Å². The van der Waals surface area contributed by atoms with Gasteiger partial charge >= 0.3 is 0 Å². The van der Waals surface area contributed by atoms with Gasteiger partial charge in [0.25, 0.3) is 5.91 Å². The highest BCUT2D eigenvalue weighted by atomic mass is 32.2. The van der Waals surface area contributed by atoms with E-state index in [9.17, 15) is 22.4 Å². The van der Waals surface area contributed by atoms with Gasteiger partial charge in [-0.05, 0) is 30.5 Å². The summed E-state index contributed by atoms with van der Waals surface area (Å²) in [5, 5.41) is 0. The van der Waals surface area contributed by atoms with Crippen LogP contribution < -0.4 is 15.6 Å². The molecule has 0 bridgehead atoms. The number of hydrogen-bond donors (Lipinski definition) is 2. The first kappa shape index (κ1) is 17.2. The van der Waals surface area contributed by atoms with Gasteiger partial charge in [0.15, 0.2) is 21.4 Å². The molecule has 7 nitrogen and oxygen atoms in total. The number of halogens is 1. The summed E-state index contributed by atoms with van der Waals surface area (Å²) < 4.78 is 40.9. The Bertz CT molecular complexity index is 720. The minimum absolute atomic E-state index is 0.00743. The second-order valence-electron chi connectivity index (χ2n) is 5.32. The van der Waals surface area contributed by atoms with Crippen molar-refractivity contribution in [3.8, 4) is 5.75 Å². The zero-order valence-electron chi connectivity index (χ0n) is 12.5. The molecule has 23 heavy (non-hydrogen) atoms. The smallest absolute Gasteiger partial charge is 0.269 e. The maximum absolute atomic E-state index is 13.5. The van der Waals surface area contributed by atoms with Crippen molar-refractivity contribution >= 4 is 21.7 Å². The predicted molar refractivity (Wildman–Crippen MR) is 79.9 cm³/mol. The fourth-order valence-electron chi connectivity index (χ4n) is 2.35. The van der Waals surface area contributed by atoms with Crippen LogP contribution in [0.1, 0.15) is 23.2 Å². The lowest BCUT2D eigenvalue weighted by Crippen LogP contribution is -2.42. The third kappa shape index (κ3) is 4.65. The van der Waals surface area contributed by atoms with E-state index in [1.54, 1.807) is 0 Å². The molecule has 1 aliphatic rings. The molecule has 0 spiro atoms. The Kier molecular flexibility index (Phi) is 5.19. The zero-order valence-corrected chi connectivity index (χ0v) is 13.3. The van der Waals surface area contributed by atoms with Crippen molar-refractivity contribution in [3.63, 3.8) is 0 Å². The standard InChI is InChI=1S/C14H17FN2O5S/c1-22-12-3-2-10(7-11(12)15)14(19)17-16-13(18)6-9-4-5-23(20,21)8-9/h2-3,7,9H,4-6,8H2,1H3,(H,16,18)(H,17,19)/t9-/m1/s1. The van der Waals surface area contributed by atoms with Crippen LogP contribution in [0, 0.1) is 11.7 Å². The maximum Gasteiger partial charge on any atom is 0.269 e. The number of benzene rings is 1. The van der Waals surface area contributed by atoms with Crippen LogP contribution in [-0.2, 0) is 14.6 Å². The summed E-state index contributed by atoms with van der Waals surface area (Å²) in [4.78, 5) is 23.5. The van der Waals surface area contributed by atoms with Crippen LogP contribution in [0.15, 0.2) is 18.2 Å². The molecule has 9 heteroatoms. The monoisotopic (exact) mass is 344 g/mol. The molecule has 1 heterocycles. The van der Waals surface area contributed by atoms with Gasteiger partial charge in [-0.15, -0.1) is 0 Å². The Morgan fingerprint density at radius 3 is 2.65 bits per heavy atom. The molecule has 0 radical (unpaired) electrons. The molecular weight excluding hydrogens is 327 g/mol. The predicted octanol–water partition coefficient (Wildman–Crippen LogP) is 0.420. The van der Waals surface area contributed by atoms with Gasteiger partial charge in [0.2, 0.25) is 5.91 Å². The van der Waals surface area contributed by atoms with Gasteiger partial charge in [-0.25, -0.2) is 12.8 Å². The average molecular weight is 344 g/mol. The van der Waals surface area contributed by atoms with Gasteiger partial charge in [0.1, 0.15) is 0 Å². The SMILES string of the molecule is COc1ccc(C(=O)NNC(=O)C[C@H]2CCS(=O)(=O)C2)cc1F. The number of hydrogen-bond acceptors (Lipinski definition) is 5. The van der Waals surface area contributed by atoms with E-state index in [4.69, 9.17) is 4.74 Å². The second-order valence-corrected chi connectivity index (χ2v) is 7.55. The van der Waals surface area contributed by atoms with E-state index in [1.807, 2.05) is 0 Å². The normalized spacial score (nSPS) is 19.1. The minimum atomic E-state index is -3.05. The van der Waals surface area contributed by atoms with Crippen LogP contribution >= 0.6 is 0 Å². The highest BCUT2D eigenvalue weighted by molar-refractivity contribution is 7.91. The van der Waals surface area contributed by atoms with Gasteiger partial charge in [0, 0.05) is 12.0 Å². The quantitative estimate of drug-likeness (QED) is 0.771. The Morgan fingerprint density at radius 1 is 1.35 bits per heavy atom. The molecule has 2 rings (SSSR count). The summed E-state index contributed by atoms with van der Waals surface area (Å²) in [7, 11) is -1.74. The molecule has 2 N–H and O–H groups in total. The molecule has 0 aliphatic carbocycles. The summed E-state index contributed by atoms with van der Waals surface area (Å²) in [5.74, 6) is -2.03. The summed E-state index contributed by atoms with van der Waals surface area (Å²) >= 11 is 0. The van der Waals surface area contributed by atoms with Gasteiger partial charge in [-0.1, -0.05) is 0 Å². The topological polar surface area (TPSA) is 102 Å². The van der Waals surface area contributed by atoms with Crippen molar-refractivity contribution in [1.82, 2.24) is 10.9 Å². The summed E-state index contributed by atoms with van der Waals surface area (Å²) in [5.41, 5.74) is 4.38. The number of sulfone groups is 1. The Balaban J connectivity index is 1.84. The molecule has 0 aromatic heterocycles. The van der Waals surface area contributed by atoms with E-state index in [1.165, 1.54) is 19.2 Å². The van der Waals surface area contributed by atoms with E-state index in [-0.39, 0.29) is 35.2 Å². The van der Waals surface area contributed by atoms with Crippen LogP contribution in [0.2, 0.25) is 0 Å². The van der Waals surface area contributed by atoms with E-state index < -0.39 is 27.5 Å². The van der Waals surface area contributed by atoms with E-state index >= 15 is 0 Å². The van der Waals surface area contributed by atoms with Crippen LogP contribution in [0.4, 0.5) is 4.39 Å². The maximum atomic E-state index is 13.5. The van der Waals surface area contributed by atoms with Crippen molar-refractivity contribution in [3.05, 3.63) is 29.6 Å². The number of ether oxygens (including phenoxy) is 1. The first-order valence-electron chi connectivity index (χ1n) is 6.94. The summed E-state index contributed by atoms with van der Waals surface area (Å²) in [6.07, 6.45) is 0.448. The van der Waals surface area contributed by atoms with Crippen molar-refractivity contribution in [2.24, 2.45) is 5.92 Å². The number of carbonyl (C=O) groups excluding carboxylic acids is 2. The number of rotatable bonds is 4. The molecule has 1 atom stereocenters. The Hall–Kier alpha value is -2.16. The van der Waals surface area contributed by atoms with E-state index in [2.05, 4.69) is 10.9 Å². The molecule has 1 fully saturated rings. The Labute approximate surface area is 133 Å². The lowest BCUT2D eigenvalue weighted by molar-refractivity contribution is -0.122. The van der Waals surface area contributed by atoms with Gasteiger partial charge in [-0.3, -0.25) is 20.4 Å². The molecule has 0 saturated carbocycles. The van der Waals surface area contributed by atoms with Crippen molar-refractivity contribution < 1.29 is 27.1 Å². The minimum Gasteiger partial charge on any atom is -0.494 e. The van der Waals surface area contributed by atoms with Crippen LogP contribution in [-0.4, -0.2) is 38.8 Å². The lowest BCUT2D eigenvalue weighted by atomic mass is 10.1. The molecule has 0 unspecified atom stereocenters. The first-order chi connectivity index (χ1) is 10.8. The first-order valence-corrected chi connectivity index (χ1v) is 8.76. The largest absolute Gasteiger partial charge is 0.494 e. The van der Waals surface area contributed by atoms with Gasteiger partial charge < -0.3 is 4.74 Å². The van der Waals surface area contributed by atoms with Crippen LogP contribution in [0.25, 0.3) is 0 Å². The van der Waals surface area contributed by atoms with Gasteiger partial charge in [0.05, 0.1) is 18.6 Å².